The van der Waals surface area contributed by atoms with Gasteiger partial charge in [0.2, 0.25) is 18.2 Å². The van der Waals surface area contributed by atoms with Crippen LogP contribution >= 0.6 is 0 Å². The smallest absolute Gasteiger partial charge is 0.421 e. The molecule has 2 aliphatic rings. The number of anilines is 2. The van der Waals surface area contributed by atoms with E-state index in [1.165, 1.54) is 12.4 Å². The van der Waals surface area contributed by atoms with Crippen LogP contribution in [0, 0.1) is 0 Å². The fourth-order valence-electron chi connectivity index (χ4n) is 3.51. The highest BCUT2D eigenvalue weighted by atomic mass is 19.4. The molecule has 1 amide bonds. The number of carbonyl (C=O) groups is 1. The molecular weight excluding hydrogens is 405 g/mol. The van der Waals surface area contributed by atoms with Gasteiger partial charge in [0.05, 0.1) is 44.0 Å². The van der Waals surface area contributed by atoms with E-state index in [4.69, 9.17) is 14.2 Å². The third kappa shape index (κ3) is 3.91. The monoisotopic (exact) mass is 424 g/mol. The van der Waals surface area contributed by atoms with Gasteiger partial charge in [-0.25, -0.2) is 9.97 Å². The fourth-order valence-corrected chi connectivity index (χ4v) is 3.51. The summed E-state index contributed by atoms with van der Waals surface area (Å²) in [5.41, 5.74) is -0.185. The van der Waals surface area contributed by atoms with E-state index in [-0.39, 0.29) is 18.4 Å². The molecule has 0 spiro atoms. The van der Waals surface area contributed by atoms with Crippen molar-refractivity contribution in [3.63, 3.8) is 0 Å². The second kappa shape index (κ2) is 7.88. The zero-order valence-electron chi connectivity index (χ0n) is 16.1. The van der Waals surface area contributed by atoms with Crippen LogP contribution < -0.4 is 19.1 Å². The summed E-state index contributed by atoms with van der Waals surface area (Å²) in [4.78, 5) is 22.2. The topological polar surface area (TPSA) is 77.0 Å². The molecule has 0 aromatic carbocycles. The second-order valence-electron chi connectivity index (χ2n) is 6.87. The van der Waals surface area contributed by atoms with Crippen molar-refractivity contribution < 1.29 is 32.2 Å². The first-order valence-corrected chi connectivity index (χ1v) is 9.26. The summed E-state index contributed by atoms with van der Waals surface area (Å²) in [5.74, 6) is 0.248. The number of halogens is 3. The molecule has 0 radical (unpaired) electrons. The molecule has 0 saturated carbocycles. The molecule has 2 aliphatic heterocycles. The molecule has 2 aromatic heterocycles. The van der Waals surface area contributed by atoms with Crippen molar-refractivity contribution >= 4 is 17.8 Å². The van der Waals surface area contributed by atoms with Gasteiger partial charge in [0.15, 0.2) is 5.75 Å². The molecule has 0 bridgehead atoms. The van der Waals surface area contributed by atoms with Crippen LogP contribution in [0.15, 0.2) is 24.5 Å². The van der Waals surface area contributed by atoms with E-state index in [9.17, 15) is 18.0 Å². The summed E-state index contributed by atoms with van der Waals surface area (Å²) in [7, 11) is 1.14. The van der Waals surface area contributed by atoms with Crippen molar-refractivity contribution in [1.82, 2.24) is 14.9 Å². The SMILES string of the molecule is COc1ncc(N2CCOc3cnc(O[C@H]4CCN(C=O)C4)cc32)cc1C(F)(F)F. The van der Waals surface area contributed by atoms with Crippen LogP contribution in [-0.2, 0) is 11.0 Å². The van der Waals surface area contributed by atoms with Crippen molar-refractivity contribution in [1.29, 1.82) is 0 Å². The first-order valence-electron chi connectivity index (χ1n) is 9.26. The van der Waals surface area contributed by atoms with Gasteiger partial charge >= 0.3 is 6.18 Å². The minimum absolute atomic E-state index is 0.196. The largest absolute Gasteiger partial charge is 0.488 e. The zero-order chi connectivity index (χ0) is 21.3. The quantitative estimate of drug-likeness (QED) is 0.683. The van der Waals surface area contributed by atoms with E-state index in [0.29, 0.717) is 43.4 Å². The summed E-state index contributed by atoms with van der Waals surface area (Å²) in [6.45, 7) is 1.66. The van der Waals surface area contributed by atoms with Crippen molar-refractivity contribution in [3.05, 3.63) is 30.1 Å². The summed E-state index contributed by atoms with van der Waals surface area (Å²) in [5, 5.41) is 0. The molecule has 1 saturated heterocycles. The van der Waals surface area contributed by atoms with Gasteiger partial charge in [-0.05, 0) is 6.07 Å². The highest BCUT2D eigenvalue weighted by molar-refractivity contribution is 5.71. The number of ether oxygens (including phenoxy) is 3. The maximum atomic E-state index is 13.4. The van der Waals surface area contributed by atoms with Crippen LogP contribution in [0.5, 0.6) is 17.5 Å². The van der Waals surface area contributed by atoms with Gasteiger partial charge in [-0.3, -0.25) is 4.79 Å². The number of hydrogen-bond acceptors (Lipinski definition) is 7. The molecular formula is C19H19F3N4O4. The Morgan fingerprint density at radius 2 is 2.07 bits per heavy atom. The van der Waals surface area contributed by atoms with Gasteiger partial charge in [0, 0.05) is 19.0 Å². The summed E-state index contributed by atoms with van der Waals surface area (Å²) >= 11 is 0. The Morgan fingerprint density at radius 1 is 1.23 bits per heavy atom. The third-order valence-corrected chi connectivity index (χ3v) is 4.94. The summed E-state index contributed by atoms with van der Waals surface area (Å²) in [6.07, 6.45) is -0.557. The minimum atomic E-state index is -4.61. The second-order valence-corrected chi connectivity index (χ2v) is 6.87. The molecule has 4 rings (SSSR count). The highest BCUT2D eigenvalue weighted by Crippen LogP contribution is 2.42. The van der Waals surface area contributed by atoms with Crippen molar-refractivity contribution in [3.8, 4) is 17.5 Å². The molecule has 1 fully saturated rings. The number of rotatable bonds is 5. The molecule has 4 heterocycles. The van der Waals surface area contributed by atoms with E-state index < -0.39 is 17.6 Å². The minimum Gasteiger partial charge on any atom is -0.488 e. The molecule has 8 nitrogen and oxygen atoms in total. The number of pyridine rings is 2. The lowest BCUT2D eigenvalue weighted by atomic mass is 10.2. The first kappa shape index (κ1) is 20.0. The van der Waals surface area contributed by atoms with Crippen LogP contribution in [0.3, 0.4) is 0 Å². The van der Waals surface area contributed by atoms with E-state index >= 15 is 0 Å². The maximum Gasteiger partial charge on any atom is 0.421 e. The molecule has 1 atom stereocenters. The summed E-state index contributed by atoms with van der Waals surface area (Å²) in [6, 6.07) is 2.62. The van der Waals surface area contributed by atoms with Gasteiger partial charge < -0.3 is 24.0 Å². The maximum absolute atomic E-state index is 13.4. The average molecular weight is 424 g/mol. The van der Waals surface area contributed by atoms with Crippen molar-refractivity contribution in [2.75, 3.05) is 38.3 Å². The average Bonchev–Trinajstić information content (AvgIpc) is 3.19. The van der Waals surface area contributed by atoms with Crippen LogP contribution in [0.1, 0.15) is 12.0 Å². The Kier molecular flexibility index (Phi) is 5.27. The number of methoxy groups -OCH3 is 1. The van der Waals surface area contributed by atoms with Gasteiger partial charge in [-0.2, -0.15) is 13.2 Å². The van der Waals surface area contributed by atoms with Crippen LogP contribution in [0.2, 0.25) is 0 Å². The number of hydrogen-bond donors (Lipinski definition) is 0. The molecule has 11 heteroatoms. The number of fused-ring (bicyclic) bond motifs is 1. The molecule has 2 aromatic rings. The molecule has 0 N–H and O–H groups in total. The molecule has 160 valence electrons. The number of alkyl halides is 3. The van der Waals surface area contributed by atoms with Gasteiger partial charge in [0.25, 0.3) is 0 Å². The zero-order valence-corrected chi connectivity index (χ0v) is 16.1. The predicted octanol–water partition coefficient (Wildman–Crippen LogP) is 2.64. The number of aromatic nitrogens is 2. The summed E-state index contributed by atoms with van der Waals surface area (Å²) < 4.78 is 56.4. The van der Waals surface area contributed by atoms with Crippen LogP contribution in [0.25, 0.3) is 0 Å². The Labute approximate surface area is 170 Å². The predicted molar refractivity (Wildman–Crippen MR) is 99.2 cm³/mol. The number of likely N-dealkylation sites (tertiary alicyclic amines) is 1. The van der Waals surface area contributed by atoms with Crippen LogP contribution in [0.4, 0.5) is 24.5 Å². The van der Waals surface area contributed by atoms with Gasteiger partial charge in [0.1, 0.15) is 18.3 Å². The molecule has 0 aliphatic carbocycles. The highest BCUT2D eigenvalue weighted by Gasteiger charge is 2.36. The van der Waals surface area contributed by atoms with Crippen LogP contribution in [-0.4, -0.2) is 60.7 Å². The lowest BCUT2D eigenvalue weighted by Crippen LogP contribution is -2.29. The van der Waals surface area contributed by atoms with E-state index in [1.807, 2.05) is 0 Å². The number of amides is 1. The third-order valence-electron chi connectivity index (χ3n) is 4.94. The number of carbonyl (C=O) groups excluding carboxylic acids is 1. The van der Waals surface area contributed by atoms with Crippen molar-refractivity contribution in [2.45, 2.75) is 18.7 Å². The Bertz CT molecular complexity index is 940. The fraction of sp³-hybridized carbons (Fsp3) is 0.421. The standard InChI is InChI=1S/C19H19F3N4O4/c1-28-18-14(19(20,21)22)6-12(8-24-18)26-4-5-29-16-9-23-17(7-15(16)26)30-13-2-3-25(10-13)11-27/h6-9,11,13H,2-5,10H2,1H3/t13-/m0/s1. The lowest BCUT2D eigenvalue weighted by molar-refractivity contribution is -0.139. The Balaban J connectivity index is 1.64. The van der Waals surface area contributed by atoms with Gasteiger partial charge in [-0.15, -0.1) is 0 Å². The number of nitrogens with zero attached hydrogens (tertiary/aromatic N) is 4. The normalized spacial score (nSPS) is 18.6. The van der Waals surface area contributed by atoms with E-state index in [0.717, 1.165) is 19.6 Å². The Hall–Kier alpha value is -3.24. The molecule has 0 unspecified atom stereocenters. The van der Waals surface area contributed by atoms with E-state index in [1.54, 1.807) is 15.9 Å². The first-order chi connectivity index (χ1) is 14.4. The van der Waals surface area contributed by atoms with Crippen molar-refractivity contribution in [2.24, 2.45) is 0 Å². The van der Waals surface area contributed by atoms with E-state index in [2.05, 4.69) is 9.97 Å². The molecule has 30 heavy (non-hydrogen) atoms. The Morgan fingerprint density at radius 3 is 2.77 bits per heavy atom. The lowest BCUT2D eigenvalue weighted by Gasteiger charge is -2.31. The van der Waals surface area contributed by atoms with Gasteiger partial charge in [-0.1, -0.05) is 0 Å².